The van der Waals surface area contributed by atoms with E-state index in [0.717, 1.165) is 37.7 Å². The number of halogens is 3. The number of alkyl halides is 3. The Kier molecular flexibility index (Phi) is 5.01. The molecule has 1 aromatic rings. The van der Waals surface area contributed by atoms with E-state index >= 15 is 0 Å². The van der Waals surface area contributed by atoms with Crippen molar-refractivity contribution in [3.05, 3.63) is 23.8 Å². The lowest BCUT2D eigenvalue weighted by Crippen LogP contribution is -2.27. The van der Waals surface area contributed by atoms with Gasteiger partial charge in [-0.3, -0.25) is 0 Å². The number of nitrogens with one attached hydrogen (secondary N) is 1. The highest BCUT2D eigenvalue weighted by atomic mass is 19.4. The second-order valence-corrected chi connectivity index (χ2v) is 5.95. The van der Waals surface area contributed by atoms with Gasteiger partial charge in [-0.1, -0.05) is 19.8 Å². The Labute approximate surface area is 123 Å². The summed E-state index contributed by atoms with van der Waals surface area (Å²) in [6, 6.07) is 4.09. The zero-order valence-electron chi connectivity index (χ0n) is 12.3. The molecule has 21 heavy (non-hydrogen) atoms. The highest BCUT2D eigenvalue weighted by molar-refractivity contribution is 5.59. The van der Waals surface area contributed by atoms with Gasteiger partial charge in [-0.15, -0.1) is 0 Å². The van der Waals surface area contributed by atoms with Crippen LogP contribution in [0.2, 0.25) is 0 Å². The average Bonchev–Trinajstić information content (AvgIpc) is 2.42. The maximum atomic E-state index is 13.0. The number of hydrogen-bond donors (Lipinski definition) is 2. The molecule has 1 saturated carbocycles. The fourth-order valence-corrected chi connectivity index (χ4v) is 3.15. The molecule has 0 spiro atoms. The summed E-state index contributed by atoms with van der Waals surface area (Å²) in [5, 5.41) is 3.07. The first-order valence-corrected chi connectivity index (χ1v) is 7.63. The van der Waals surface area contributed by atoms with Gasteiger partial charge in [0.05, 0.1) is 5.56 Å². The fraction of sp³-hybridized carbons (Fsp3) is 0.625. The molecule has 0 aliphatic heterocycles. The largest absolute Gasteiger partial charge is 0.418 e. The third-order valence-electron chi connectivity index (χ3n) is 4.25. The summed E-state index contributed by atoms with van der Waals surface area (Å²) in [6.45, 7) is 2.17. The van der Waals surface area contributed by atoms with Crippen LogP contribution < -0.4 is 11.1 Å². The van der Waals surface area contributed by atoms with Crippen molar-refractivity contribution in [2.45, 2.75) is 57.7 Å². The molecule has 1 aromatic carbocycles. The lowest BCUT2D eigenvalue weighted by atomic mass is 9.83. The SMILES string of the molecule is CCCC1CCC(Nc2ccc(N)cc2C(F)(F)F)CC1. The minimum atomic E-state index is -4.38. The molecule has 0 bridgehead atoms. The predicted octanol–water partition coefficient (Wildman–Crippen LogP) is 5.06. The van der Waals surface area contributed by atoms with E-state index in [1.54, 1.807) is 0 Å². The van der Waals surface area contributed by atoms with Crippen LogP contribution in [-0.4, -0.2) is 6.04 Å². The van der Waals surface area contributed by atoms with E-state index in [2.05, 4.69) is 12.2 Å². The smallest absolute Gasteiger partial charge is 0.399 e. The van der Waals surface area contributed by atoms with Crippen molar-refractivity contribution in [1.82, 2.24) is 0 Å². The molecule has 5 heteroatoms. The van der Waals surface area contributed by atoms with Gasteiger partial charge in [0.15, 0.2) is 0 Å². The zero-order chi connectivity index (χ0) is 15.5. The van der Waals surface area contributed by atoms with E-state index in [-0.39, 0.29) is 17.4 Å². The molecular weight excluding hydrogens is 277 g/mol. The standard InChI is InChI=1S/C16H23F3N2/c1-2-3-11-4-7-13(8-5-11)21-15-9-6-12(20)10-14(15)16(17,18)19/h6,9-11,13,21H,2-5,7-8,20H2,1H3. The van der Waals surface area contributed by atoms with Crippen molar-refractivity contribution >= 4 is 11.4 Å². The minimum Gasteiger partial charge on any atom is -0.399 e. The molecule has 0 heterocycles. The Balaban J connectivity index is 2.04. The van der Waals surface area contributed by atoms with Gasteiger partial charge in [0.1, 0.15) is 0 Å². The normalized spacial score (nSPS) is 23.0. The molecule has 118 valence electrons. The van der Waals surface area contributed by atoms with Crippen molar-refractivity contribution in [1.29, 1.82) is 0 Å². The molecule has 1 aliphatic carbocycles. The van der Waals surface area contributed by atoms with Gasteiger partial charge in [-0.05, 0) is 49.8 Å². The lowest BCUT2D eigenvalue weighted by molar-refractivity contribution is -0.136. The van der Waals surface area contributed by atoms with Crippen molar-refractivity contribution in [2.75, 3.05) is 11.1 Å². The number of nitrogens with two attached hydrogens (primary N) is 1. The Hall–Kier alpha value is -1.39. The predicted molar refractivity (Wildman–Crippen MR) is 80.1 cm³/mol. The quantitative estimate of drug-likeness (QED) is 0.763. The molecular formula is C16H23F3N2. The summed E-state index contributed by atoms with van der Waals surface area (Å²) in [5.41, 5.74) is 5.10. The van der Waals surface area contributed by atoms with Gasteiger partial charge in [-0.2, -0.15) is 13.2 Å². The van der Waals surface area contributed by atoms with Crippen LogP contribution in [0.25, 0.3) is 0 Å². The lowest BCUT2D eigenvalue weighted by Gasteiger charge is -2.30. The summed E-state index contributed by atoms with van der Waals surface area (Å²) < 4.78 is 39.1. The Morgan fingerprint density at radius 2 is 1.86 bits per heavy atom. The van der Waals surface area contributed by atoms with Crippen LogP contribution in [0.1, 0.15) is 51.0 Å². The van der Waals surface area contributed by atoms with Gasteiger partial charge in [0, 0.05) is 17.4 Å². The number of rotatable bonds is 4. The molecule has 0 amide bonds. The molecule has 0 saturated heterocycles. The van der Waals surface area contributed by atoms with Crippen LogP contribution in [0.5, 0.6) is 0 Å². The molecule has 1 aliphatic rings. The van der Waals surface area contributed by atoms with E-state index in [1.165, 1.54) is 25.0 Å². The molecule has 3 N–H and O–H groups in total. The fourth-order valence-electron chi connectivity index (χ4n) is 3.15. The first kappa shape index (κ1) is 16.0. The van der Waals surface area contributed by atoms with E-state index in [4.69, 9.17) is 5.73 Å². The number of benzene rings is 1. The van der Waals surface area contributed by atoms with Crippen LogP contribution in [0.3, 0.4) is 0 Å². The molecule has 0 unspecified atom stereocenters. The van der Waals surface area contributed by atoms with Crippen molar-refractivity contribution in [3.63, 3.8) is 0 Å². The Morgan fingerprint density at radius 3 is 2.43 bits per heavy atom. The number of hydrogen-bond acceptors (Lipinski definition) is 2. The van der Waals surface area contributed by atoms with Crippen LogP contribution in [0.4, 0.5) is 24.5 Å². The summed E-state index contributed by atoms with van der Waals surface area (Å²) in [7, 11) is 0. The topological polar surface area (TPSA) is 38.0 Å². The maximum Gasteiger partial charge on any atom is 0.418 e. The minimum absolute atomic E-state index is 0.128. The zero-order valence-corrected chi connectivity index (χ0v) is 12.3. The molecule has 0 aromatic heterocycles. The van der Waals surface area contributed by atoms with Crippen LogP contribution in [0, 0.1) is 5.92 Å². The second kappa shape index (κ2) is 6.58. The highest BCUT2D eigenvalue weighted by Gasteiger charge is 2.34. The van der Waals surface area contributed by atoms with Crippen LogP contribution >= 0.6 is 0 Å². The van der Waals surface area contributed by atoms with Crippen LogP contribution in [0.15, 0.2) is 18.2 Å². The highest BCUT2D eigenvalue weighted by Crippen LogP contribution is 2.37. The van der Waals surface area contributed by atoms with Gasteiger partial charge in [0.2, 0.25) is 0 Å². The number of anilines is 2. The third-order valence-corrected chi connectivity index (χ3v) is 4.25. The monoisotopic (exact) mass is 300 g/mol. The average molecular weight is 300 g/mol. The summed E-state index contributed by atoms with van der Waals surface area (Å²) in [4.78, 5) is 0. The van der Waals surface area contributed by atoms with E-state index in [1.807, 2.05) is 0 Å². The molecule has 1 fully saturated rings. The van der Waals surface area contributed by atoms with Crippen molar-refractivity contribution in [3.8, 4) is 0 Å². The molecule has 0 atom stereocenters. The van der Waals surface area contributed by atoms with Gasteiger partial charge < -0.3 is 11.1 Å². The van der Waals surface area contributed by atoms with E-state index < -0.39 is 11.7 Å². The Bertz CT molecular complexity index is 463. The first-order valence-electron chi connectivity index (χ1n) is 7.63. The van der Waals surface area contributed by atoms with Crippen LogP contribution in [-0.2, 0) is 6.18 Å². The Morgan fingerprint density at radius 1 is 1.19 bits per heavy atom. The molecule has 2 rings (SSSR count). The van der Waals surface area contributed by atoms with Gasteiger partial charge >= 0.3 is 6.18 Å². The number of nitrogen functional groups attached to an aromatic ring is 1. The summed E-state index contributed by atoms with van der Waals surface area (Å²) in [6.07, 6.45) is 2.10. The van der Waals surface area contributed by atoms with E-state index in [0.29, 0.717) is 0 Å². The van der Waals surface area contributed by atoms with Gasteiger partial charge in [0.25, 0.3) is 0 Å². The first-order chi connectivity index (χ1) is 9.90. The summed E-state index contributed by atoms with van der Waals surface area (Å²) >= 11 is 0. The molecule has 0 radical (unpaired) electrons. The van der Waals surface area contributed by atoms with Crippen molar-refractivity contribution < 1.29 is 13.2 Å². The summed E-state index contributed by atoms with van der Waals surface area (Å²) in [5.74, 6) is 0.738. The van der Waals surface area contributed by atoms with Gasteiger partial charge in [-0.25, -0.2) is 0 Å². The molecule has 2 nitrogen and oxygen atoms in total. The maximum absolute atomic E-state index is 13.0. The van der Waals surface area contributed by atoms with E-state index in [9.17, 15) is 13.2 Å². The van der Waals surface area contributed by atoms with Crippen molar-refractivity contribution in [2.24, 2.45) is 5.92 Å². The third kappa shape index (κ3) is 4.29. The second-order valence-electron chi connectivity index (χ2n) is 5.95.